The zero-order chi connectivity index (χ0) is 10.7. The number of ketones is 1. The molecule has 4 heteroatoms. The standard InChI is InChI=1S/C11H18O4/c1-13-11-9(12)6-10(11)15-7-8-4-2-3-5-14-8/h8,10-11H,2-7H2,1H3. The maximum atomic E-state index is 11.1. The van der Waals surface area contributed by atoms with Crippen LogP contribution in [-0.4, -0.2) is 44.4 Å². The minimum atomic E-state index is -0.339. The van der Waals surface area contributed by atoms with E-state index < -0.39 is 0 Å². The van der Waals surface area contributed by atoms with Crippen molar-refractivity contribution in [3.05, 3.63) is 0 Å². The van der Waals surface area contributed by atoms with Crippen molar-refractivity contribution in [2.45, 2.75) is 44.0 Å². The topological polar surface area (TPSA) is 44.8 Å². The van der Waals surface area contributed by atoms with Crippen LogP contribution in [0.25, 0.3) is 0 Å². The molecule has 4 nitrogen and oxygen atoms in total. The Bertz CT molecular complexity index is 223. The van der Waals surface area contributed by atoms with Crippen molar-refractivity contribution < 1.29 is 19.0 Å². The Hall–Kier alpha value is -0.450. The molecule has 2 rings (SSSR count). The first-order chi connectivity index (χ1) is 7.31. The Morgan fingerprint density at radius 2 is 2.33 bits per heavy atom. The van der Waals surface area contributed by atoms with Crippen molar-refractivity contribution >= 4 is 5.78 Å². The number of methoxy groups -OCH3 is 1. The van der Waals surface area contributed by atoms with Gasteiger partial charge in [-0.25, -0.2) is 0 Å². The number of carbonyl (C=O) groups excluding carboxylic acids is 1. The fraction of sp³-hybridized carbons (Fsp3) is 0.909. The van der Waals surface area contributed by atoms with Gasteiger partial charge in [0.25, 0.3) is 0 Å². The smallest absolute Gasteiger partial charge is 0.166 e. The molecule has 1 aliphatic carbocycles. The molecule has 3 atom stereocenters. The second-order valence-electron chi connectivity index (χ2n) is 4.19. The largest absolute Gasteiger partial charge is 0.376 e. The van der Waals surface area contributed by atoms with Gasteiger partial charge in [0.2, 0.25) is 0 Å². The summed E-state index contributed by atoms with van der Waals surface area (Å²) in [4.78, 5) is 11.1. The van der Waals surface area contributed by atoms with E-state index in [-0.39, 0.29) is 24.1 Å². The first-order valence-electron chi connectivity index (χ1n) is 5.60. The lowest BCUT2D eigenvalue weighted by Crippen LogP contribution is -2.50. The quantitative estimate of drug-likeness (QED) is 0.698. The van der Waals surface area contributed by atoms with Crippen LogP contribution in [0.1, 0.15) is 25.7 Å². The van der Waals surface area contributed by atoms with Gasteiger partial charge in [-0.3, -0.25) is 4.79 Å². The van der Waals surface area contributed by atoms with E-state index in [9.17, 15) is 4.79 Å². The van der Waals surface area contributed by atoms with Gasteiger partial charge in [-0.15, -0.1) is 0 Å². The lowest BCUT2D eigenvalue weighted by molar-refractivity contribution is -0.168. The monoisotopic (exact) mass is 214 g/mol. The van der Waals surface area contributed by atoms with Crippen molar-refractivity contribution in [3.63, 3.8) is 0 Å². The van der Waals surface area contributed by atoms with Gasteiger partial charge in [0.15, 0.2) is 5.78 Å². The van der Waals surface area contributed by atoms with E-state index in [0.29, 0.717) is 13.0 Å². The van der Waals surface area contributed by atoms with Crippen LogP contribution >= 0.6 is 0 Å². The highest BCUT2D eigenvalue weighted by molar-refractivity contribution is 5.90. The fourth-order valence-corrected chi connectivity index (χ4v) is 2.07. The van der Waals surface area contributed by atoms with Gasteiger partial charge < -0.3 is 14.2 Å². The number of rotatable bonds is 4. The van der Waals surface area contributed by atoms with Crippen LogP contribution in [0, 0.1) is 0 Å². The summed E-state index contributed by atoms with van der Waals surface area (Å²) in [5.41, 5.74) is 0. The Kier molecular flexibility index (Phi) is 3.72. The number of hydrogen-bond acceptors (Lipinski definition) is 4. The van der Waals surface area contributed by atoms with Crippen LogP contribution in [-0.2, 0) is 19.0 Å². The third-order valence-electron chi connectivity index (χ3n) is 3.08. The Morgan fingerprint density at radius 3 is 2.93 bits per heavy atom. The highest BCUT2D eigenvalue weighted by Crippen LogP contribution is 2.23. The van der Waals surface area contributed by atoms with Crippen LogP contribution in [0.3, 0.4) is 0 Å². The number of Topliss-reactive ketones (excluding diaryl/α,β-unsaturated/α-hetero) is 1. The molecular formula is C11H18O4. The van der Waals surface area contributed by atoms with Gasteiger partial charge in [0.05, 0.1) is 18.8 Å². The molecule has 1 heterocycles. The van der Waals surface area contributed by atoms with Crippen LogP contribution < -0.4 is 0 Å². The summed E-state index contributed by atoms with van der Waals surface area (Å²) in [7, 11) is 1.55. The molecule has 1 aliphatic heterocycles. The van der Waals surface area contributed by atoms with Crippen LogP contribution in [0.4, 0.5) is 0 Å². The molecule has 1 saturated heterocycles. The molecule has 0 amide bonds. The summed E-state index contributed by atoms with van der Waals surface area (Å²) in [6, 6.07) is 0. The zero-order valence-electron chi connectivity index (χ0n) is 9.11. The van der Waals surface area contributed by atoms with Gasteiger partial charge in [-0.05, 0) is 19.3 Å². The van der Waals surface area contributed by atoms with Gasteiger partial charge in [-0.1, -0.05) is 0 Å². The van der Waals surface area contributed by atoms with E-state index in [1.807, 2.05) is 0 Å². The third kappa shape index (κ3) is 2.56. The summed E-state index contributed by atoms with van der Waals surface area (Å²) >= 11 is 0. The first kappa shape index (κ1) is 11.0. The average molecular weight is 214 g/mol. The maximum absolute atomic E-state index is 11.1. The Labute approximate surface area is 89.9 Å². The Morgan fingerprint density at radius 1 is 1.47 bits per heavy atom. The van der Waals surface area contributed by atoms with E-state index in [0.717, 1.165) is 19.4 Å². The molecule has 0 aromatic rings. The summed E-state index contributed by atoms with van der Waals surface area (Å²) in [5.74, 6) is 0.145. The molecule has 0 N–H and O–H groups in total. The molecule has 2 fully saturated rings. The molecule has 15 heavy (non-hydrogen) atoms. The normalized spacial score (nSPS) is 36.3. The van der Waals surface area contributed by atoms with Gasteiger partial charge in [-0.2, -0.15) is 0 Å². The fourth-order valence-electron chi connectivity index (χ4n) is 2.07. The van der Waals surface area contributed by atoms with Crippen molar-refractivity contribution in [1.29, 1.82) is 0 Å². The van der Waals surface area contributed by atoms with E-state index >= 15 is 0 Å². The van der Waals surface area contributed by atoms with Crippen molar-refractivity contribution in [2.24, 2.45) is 0 Å². The molecule has 0 radical (unpaired) electrons. The highest BCUT2D eigenvalue weighted by atomic mass is 16.6. The molecule has 0 aromatic carbocycles. The molecule has 86 valence electrons. The second-order valence-corrected chi connectivity index (χ2v) is 4.19. The van der Waals surface area contributed by atoms with Gasteiger partial charge >= 0.3 is 0 Å². The second kappa shape index (κ2) is 5.05. The van der Waals surface area contributed by atoms with E-state index in [1.54, 1.807) is 7.11 Å². The Balaban J connectivity index is 1.67. The minimum Gasteiger partial charge on any atom is -0.376 e. The maximum Gasteiger partial charge on any atom is 0.166 e. The molecule has 3 unspecified atom stereocenters. The van der Waals surface area contributed by atoms with E-state index in [4.69, 9.17) is 14.2 Å². The first-order valence-corrected chi connectivity index (χ1v) is 5.60. The van der Waals surface area contributed by atoms with Crippen LogP contribution in [0.2, 0.25) is 0 Å². The summed E-state index contributed by atoms with van der Waals surface area (Å²) in [6.45, 7) is 1.43. The predicted molar refractivity (Wildman–Crippen MR) is 53.8 cm³/mol. The molecule has 0 bridgehead atoms. The van der Waals surface area contributed by atoms with Crippen molar-refractivity contribution in [1.82, 2.24) is 0 Å². The number of hydrogen-bond donors (Lipinski definition) is 0. The van der Waals surface area contributed by atoms with Crippen molar-refractivity contribution in [2.75, 3.05) is 20.3 Å². The SMILES string of the molecule is COC1C(=O)CC1OCC1CCCCO1. The van der Waals surface area contributed by atoms with E-state index in [2.05, 4.69) is 0 Å². The lowest BCUT2D eigenvalue weighted by atomic mass is 9.90. The highest BCUT2D eigenvalue weighted by Gasteiger charge is 2.41. The third-order valence-corrected chi connectivity index (χ3v) is 3.08. The van der Waals surface area contributed by atoms with Crippen LogP contribution in [0.5, 0.6) is 0 Å². The number of ether oxygens (including phenoxy) is 3. The molecule has 0 spiro atoms. The average Bonchev–Trinajstić information content (AvgIpc) is 2.26. The summed E-state index contributed by atoms with van der Waals surface area (Å²) in [5, 5.41) is 0. The number of carbonyl (C=O) groups is 1. The lowest BCUT2D eigenvalue weighted by Gasteiger charge is -2.34. The molecule has 2 aliphatic rings. The zero-order valence-corrected chi connectivity index (χ0v) is 9.11. The molecule has 1 saturated carbocycles. The molecule has 0 aromatic heterocycles. The van der Waals surface area contributed by atoms with E-state index in [1.165, 1.54) is 6.42 Å². The summed E-state index contributed by atoms with van der Waals surface area (Å²) < 4.78 is 16.2. The molecular weight excluding hydrogens is 196 g/mol. The minimum absolute atomic E-state index is 0.0481. The van der Waals surface area contributed by atoms with Crippen molar-refractivity contribution in [3.8, 4) is 0 Å². The summed E-state index contributed by atoms with van der Waals surface area (Å²) in [6.07, 6.45) is 3.75. The predicted octanol–water partition coefficient (Wildman–Crippen LogP) is 0.928. The van der Waals surface area contributed by atoms with Gasteiger partial charge in [0.1, 0.15) is 6.10 Å². The van der Waals surface area contributed by atoms with Crippen LogP contribution in [0.15, 0.2) is 0 Å². The van der Waals surface area contributed by atoms with Gasteiger partial charge in [0, 0.05) is 20.1 Å².